The Hall–Kier alpha value is -3.62. The van der Waals surface area contributed by atoms with Gasteiger partial charge < -0.3 is 10.2 Å². The number of nitrogens with one attached hydrogen (secondary N) is 1. The van der Waals surface area contributed by atoms with Gasteiger partial charge in [0.2, 0.25) is 0 Å². The SMILES string of the molecule is Cc1cc(N2C(=S)N[C@@H](c3ccccn3)[C@H]2c2cccn2-c2nc3ccccc3s2)ccc1F. The first kappa shape index (κ1) is 20.9. The fourth-order valence-electron chi connectivity index (χ4n) is 4.48. The molecule has 0 amide bonds. The van der Waals surface area contributed by atoms with E-state index < -0.39 is 0 Å². The number of benzene rings is 2. The van der Waals surface area contributed by atoms with Crippen LogP contribution >= 0.6 is 23.6 Å². The number of aryl methyl sites for hydroxylation is 1. The third-order valence-corrected chi connectivity index (χ3v) is 7.44. The lowest BCUT2D eigenvalue weighted by Gasteiger charge is -2.28. The van der Waals surface area contributed by atoms with Crippen LogP contribution in [-0.4, -0.2) is 19.6 Å². The number of halogens is 1. The summed E-state index contributed by atoms with van der Waals surface area (Å²) >= 11 is 7.45. The molecule has 1 N–H and O–H groups in total. The Morgan fingerprint density at radius 2 is 1.88 bits per heavy atom. The fraction of sp³-hybridized carbons (Fsp3) is 0.115. The average Bonchev–Trinajstić information content (AvgIpc) is 3.57. The van der Waals surface area contributed by atoms with E-state index in [4.69, 9.17) is 17.2 Å². The second-order valence-electron chi connectivity index (χ2n) is 8.20. The standard InChI is InChI=1S/C26H20FN5S2/c1-16-15-17(11-12-18(16)27)32-24(23(30-25(32)33)20-8-4-5-13-28-20)21-9-6-14-31(21)26-29-19-7-2-3-10-22(19)34-26/h2-15,23-24H,1H3,(H,30,33)/t23-,24+/m0/s1. The van der Waals surface area contributed by atoms with Crippen LogP contribution in [0.4, 0.5) is 10.1 Å². The van der Waals surface area contributed by atoms with Crippen molar-refractivity contribution >= 4 is 44.6 Å². The molecule has 4 heterocycles. The molecule has 8 heteroatoms. The maximum Gasteiger partial charge on any atom is 0.194 e. The van der Waals surface area contributed by atoms with E-state index >= 15 is 0 Å². The second-order valence-corrected chi connectivity index (χ2v) is 9.59. The molecule has 0 aliphatic carbocycles. The fourth-order valence-corrected chi connectivity index (χ4v) is 5.80. The van der Waals surface area contributed by atoms with Gasteiger partial charge in [-0.3, -0.25) is 9.55 Å². The summed E-state index contributed by atoms with van der Waals surface area (Å²) in [7, 11) is 0. The van der Waals surface area contributed by atoms with Crippen LogP contribution < -0.4 is 10.2 Å². The van der Waals surface area contributed by atoms with E-state index in [9.17, 15) is 4.39 Å². The van der Waals surface area contributed by atoms with Gasteiger partial charge in [-0.2, -0.15) is 0 Å². The summed E-state index contributed by atoms with van der Waals surface area (Å²) in [6.07, 6.45) is 3.81. The lowest BCUT2D eigenvalue weighted by atomic mass is 10.0. The van der Waals surface area contributed by atoms with Crippen LogP contribution in [0.3, 0.4) is 0 Å². The lowest BCUT2D eigenvalue weighted by molar-refractivity contribution is 0.549. The molecule has 5 nitrogen and oxygen atoms in total. The molecule has 2 aromatic carbocycles. The number of hydrogen-bond donors (Lipinski definition) is 1. The molecule has 1 saturated heterocycles. The van der Waals surface area contributed by atoms with Crippen molar-refractivity contribution < 1.29 is 4.39 Å². The molecule has 0 unspecified atom stereocenters. The van der Waals surface area contributed by atoms with E-state index in [2.05, 4.69) is 31.9 Å². The zero-order chi connectivity index (χ0) is 23.2. The van der Waals surface area contributed by atoms with Gasteiger partial charge in [0.05, 0.1) is 27.6 Å². The minimum Gasteiger partial charge on any atom is -0.351 e. The number of pyridine rings is 1. The number of nitrogens with zero attached hydrogens (tertiary/aromatic N) is 4. The third kappa shape index (κ3) is 3.46. The molecule has 1 fully saturated rings. The molecule has 6 rings (SSSR count). The van der Waals surface area contributed by atoms with Crippen molar-refractivity contribution in [3.63, 3.8) is 0 Å². The van der Waals surface area contributed by atoms with Gasteiger partial charge in [0.25, 0.3) is 0 Å². The minimum atomic E-state index is -0.238. The Morgan fingerprint density at radius 1 is 1.03 bits per heavy atom. The molecule has 2 atom stereocenters. The summed E-state index contributed by atoms with van der Waals surface area (Å²) in [5.74, 6) is -0.238. The maximum atomic E-state index is 14.1. The number of para-hydroxylation sites is 1. The first-order valence-corrected chi connectivity index (χ1v) is 12.1. The molecule has 1 aliphatic heterocycles. The van der Waals surface area contributed by atoms with E-state index in [-0.39, 0.29) is 17.9 Å². The Morgan fingerprint density at radius 3 is 2.68 bits per heavy atom. The van der Waals surface area contributed by atoms with Gasteiger partial charge in [-0.15, -0.1) is 0 Å². The van der Waals surface area contributed by atoms with Gasteiger partial charge in [-0.1, -0.05) is 29.5 Å². The molecule has 0 saturated carbocycles. The van der Waals surface area contributed by atoms with Gasteiger partial charge in [0.15, 0.2) is 10.2 Å². The van der Waals surface area contributed by atoms with Crippen molar-refractivity contribution in [2.24, 2.45) is 0 Å². The highest BCUT2D eigenvalue weighted by Gasteiger charge is 2.42. The summed E-state index contributed by atoms with van der Waals surface area (Å²) in [5, 5.41) is 4.92. The van der Waals surface area contributed by atoms with Crippen LogP contribution in [0, 0.1) is 12.7 Å². The summed E-state index contributed by atoms with van der Waals surface area (Å²) in [5.41, 5.74) is 4.27. The van der Waals surface area contributed by atoms with E-state index in [1.54, 1.807) is 30.5 Å². The number of hydrogen-bond acceptors (Lipinski definition) is 4. The number of anilines is 1. The number of rotatable bonds is 4. The lowest BCUT2D eigenvalue weighted by Crippen LogP contribution is -2.30. The van der Waals surface area contributed by atoms with Crippen LogP contribution in [0.1, 0.15) is 29.0 Å². The van der Waals surface area contributed by atoms with Crippen molar-refractivity contribution in [2.45, 2.75) is 19.0 Å². The van der Waals surface area contributed by atoms with Crippen molar-refractivity contribution in [3.8, 4) is 5.13 Å². The van der Waals surface area contributed by atoms with Crippen LogP contribution in [0.5, 0.6) is 0 Å². The molecule has 168 valence electrons. The van der Waals surface area contributed by atoms with E-state index in [1.807, 2.05) is 54.7 Å². The molecule has 34 heavy (non-hydrogen) atoms. The number of fused-ring (bicyclic) bond motifs is 1. The highest BCUT2D eigenvalue weighted by Crippen LogP contribution is 2.43. The van der Waals surface area contributed by atoms with Crippen LogP contribution in [0.2, 0.25) is 0 Å². The first-order valence-electron chi connectivity index (χ1n) is 10.9. The predicted molar refractivity (Wildman–Crippen MR) is 138 cm³/mol. The topological polar surface area (TPSA) is 46.0 Å². The molecule has 1 aliphatic rings. The summed E-state index contributed by atoms with van der Waals surface area (Å²) in [6, 6.07) is 22.8. The Bertz CT molecular complexity index is 1480. The normalized spacial score (nSPS) is 17.9. The highest BCUT2D eigenvalue weighted by atomic mass is 32.1. The van der Waals surface area contributed by atoms with Crippen LogP contribution in [0.15, 0.2) is 85.2 Å². The molecule has 0 bridgehead atoms. The molecule has 0 spiro atoms. The quantitative estimate of drug-likeness (QED) is 0.311. The van der Waals surface area contributed by atoms with E-state index in [1.165, 1.54) is 6.07 Å². The molecular weight excluding hydrogens is 465 g/mol. The Balaban J connectivity index is 1.52. The first-order chi connectivity index (χ1) is 16.6. The van der Waals surface area contributed by atoms with Crippen molar-refractivity contribution in [3.05, 3.63) is 108 Å². The maximum absolute atomic E-state index is 14.1. The van der Waals surface area contributed by atoms with Gasteiger partial charge >= 0.3 is 0 Å². The molecule has 3 aromatic heterocycles. The zero-order valence-corrected chi connectivity index (χ0v) is 19.9. The molecule has 5 aromatic rings. The Kier molecular flexibility index (Phi) is 5.12. The second kappa shape index (κ2) is 8.30. The van der Waals surface area contributed by atoms with Gasteiger partial charge in [-0.25, -0.2) is 9.37 Å². The van der Waals surface area contributed by atoms with Gasteiger partial charge in [0, 0.05) is 18.1 Å². The largest absolute Gasteiger partial charge is 0.351 e. The smallest absolute Gasteiger partial charge is 0.194 e. The van der Waals surface area contributed by atoms with Gasteiger partial charge in [0.1, 0.15) is 11.9 Å². The van der Waals surface area contributed by atoms with Crippen LogP contribution in [-0.2, 0) is 0 Å². The van der Waals surface area contributed by atoms with Crippen molar-refractivity contribution in [1.29, 1.82) is 0 Å². The summed E-state index contributed by atoms with van der Waals surface area (Å²) in [4.78, 5) is 11.5. The third-order valence-electron chi connectivity index (χ3n) is 6.09. The monoisotopic (exact) mass is 485 g/mol. The Labute approximate surface area is 205 Å². The van der Waals surface area contributed by atoms with Crippen molar-refractivity contribution in [2.75, 3.05) is 4.90 Å². The molecule has 0 radical (unpaired) electrons. The zero-order valence-electron chi connectivity index (χ0n) is 18.2. The average molecular weight is 486 g/mol. The van der Waals surface area contributed by atoms with Crippen LogP contribution in [0.25, 0.3) is 15.3 Å². The predicted octanol–water partition coefficient (Wildman–Crippen LogP) is 6.11. The number of thiocarbonyl (C=S) groups is 1. The summed E-state index contributed by atoms with van der Waals surface area (Å²) < 4.78 is 17.3. The van der Waals surface area contributed by atoms with E-state index in [0.717, 1.165) is 32.4 Å². The van der Waals surface area contributed by atoms with Crippen molar-refractivity contribution in [1.82, 2.24) is 19.9 Å². The number of aromatic nitrogens is 3. The highest BCUT2D eigenvalue weighted by molar-refractivity contribution is 7.80. The minimum absolute atomic E-state index is 0.193. The van der Waals surface area contributed by atoms with E-state index in [0.29, 0.717) is 10.7 Å². The number of thiazole rings is 1. The summed E-state index contributed by atoms with van der Waals surface area (Å²) in [6.45, 7) is 1.76. The van der Waals surface area contributed by atoms with Gasteiger partial charge in [-0.05, 0) is 79.3 Å². The molecular formula is C26H20FN5S2.